The van der Waals surface area contributed by atoms with Gasteiger partial charge in [0, 0.05) is 63.5 Å². The van der Waals surface area contributed by atoms with Crippen LogP contribution in [0.3, 0.4) is 0 Å². The Kier molecular flexibility index (Phi) is 16.7. The lowest BCUT2D eigenvalue weighted by atomic mass is 9.89. The number of benzene rings is 2. The molecular formula is C37H59N9O6S2. The van der Waals surface area contributed by atoms with Crippen molar-refractivity contribution < 1.29 is 26.4 Å². The first-order valence-electron chi connectivity index (χ1n) is 17.9. The molecule has 10 N–H and O–H groups in total. The van der Waals surface area contributed by atoms with Gasteiger partial charge in [-0.25, -0.2) is 21.1 Å². The molecule has 0 aliphatic carbocycles. The first-order valence-corrected chi connectivity index (χ1v) is 21.0. The zero-order valence-electron chi connectivity index (χ0n) is 32.7. The summed E-state index contributed by atoms with van der Waals surface area (Å²) < 4.78 is 53.2. The number of nitrogens with two attached hydrogens (primary N) is 4. The average Bonchev–Trinajstić information content (AvgIpc) is 3.11. The normalized spacial score (nSPS) is 17.3. The second kappa shape index (κ2) is 19.5. The molecule has 2 aliphatic rings. The highest BCUT2D eigenvalue weighted by molar-refractivity contribution is 7.92. The molecule has 0 radical (unpaired) electrons. The second-order valence-corrected chi connectivity index (χ2v) is 17.8. The van der Waals surface area contributed by atoms with Gasteiger partial charge >= 0.3 is 0 Å². The Balaban J connectivity index is 0.000000340. The van der Waals surface area contributed by atoms with E-state index in [1.807, 2.05) is 79.0 Å². The Hall–Kier alpha value is -4.05. The molecule has 0 atom stereocenters. The minimum absolute atomic E-state index is 0.0434. The number of piperidine rings is 2. The summed E-state index contributed by atoms with van der Waals surface area (Å²) in [5, 5.41) is 15.0. The topological polar surface area (TPSA) is 261 Å². The van der Waals surface area contributed by atoms with Gasteiger partial charge in [0.05, 0.1) is 22.9 Å². The molecule has 0 unspecified atom stereocenters. The molecule has 2 aliphatic heterocycles. The van der Waals surface area contributed by atoms with E-state index in [1.165, 1.54) is 14.0 Å². The van der Waals surface area contributed by atoms with E-state index in [2.05, 4.69) is 10.6 Å². The van der Waals surface area contributed by atoms with E-state index in [4.69, 9.17) is 28.2 Å². The zero-order valence-corrected chi connectivity index (χ0v) is 34.3. The first-order chi connectivity index (χ1) is 25.1. The number of carbonyl (C=O) groups excluding carboxylic acids is 2. The third-order valence-corrected chi connectivity index (χ3v) is 13.4. The number of anilines is 2. The van der Waals surface area contributed by atoms with Gasteiger partial charge in [-0.15, -0.1) is 0 Å². The molecule has 2 aromatic rings. The average molecular weight is 790 g/mol. The van der Waals surface area contributed by atoms with Crippen molar-refractivity contribution in [3.63, 3.8) is 0 Å². The Morgan fingerprint density at radius 2 is 1.15 bits per heavy atom. The number of carbonyl (C=O) groups is 2. The molecular weight excluding hydrogens is 731 g/mol. The number of aryl methyl sites for hydroxylation is 4. The van der Waals surface area contributed by atoms with Crippen molar-refractivity contribution >= 4 is 49.3 Å². The molecule has 15 nitrogen and oxygen atoms in total. The fourth-order valence-corrected chi connectivity index (χ4v) is 8.94. The lowest BCUT2D eigenvalue weighted by Gasteiger charge is -2.36. The highest BCUT2D eigenvalue weighted by Gasteiger charge is 2.40. The van der Waals surface area contributed by atoms with E-state index in [0.717, 1.165) is 44.8 Å². The number of amides is 2. The van der Waals surface area contributed by atoms with Gasteiger partial charge in [0.1, 0.15) is 0 Å². The number of hydrogen-bond donors (Lipinski definition) is 6. The number of rotatable bonds is 11. The Morgan fingerprint density at radius 3 is 1.50 bits per heavy atom. The maximum absolute atomic E-state index is 12.6. The van der Waals surface area contributed by atoms with Crippen molar-refractivity contribution in [3.8, 4) is 6.07 Å². The molecule has 2 amide bonds. The molecule has 300 valence electrons. The van der Waals surface area contributed by atoms with E-state index in [1.54, 1.807) is 6.08 Å². The van der Waals surface area contributed by atoms with Crippen LogP contribution in [-0.2, 0) is 36.1 Å². The van der Waals surface area contributed by atoms with Crippen LogP contribution in [0.1, 0.15) is 72.4 Å². The number of nitrogens with one attached hydrogen (secondary N) is 2. The molecule has 54 heavy (non-hydrogen) atoms. The molecule has 17 heteroatoms. The minimum Gasteiger partial charge on any atom is -0.388 e. The van der Waals surface area contributed by atoms with Crippen LogP contribution in [0.2, 0.25) is 0 Å². The van der Waals surface area contributed by atoms with Crippen LogP contribution in [0.15, 0.2) is 29.7 Å². The van der Waals surface area contributed by atoms with Gasteiger partial charge in [0.15, 0.2) is 0 Å². The van der Waals surface area contributed by atoms with Crippen LogP contribution in [-0.4, -0.2) is 94.4 Å². The van der Waals surface area contributed by atoms with Crippen molar-refractivity contribution in [1.82, 2.24) is 8.61 Å². The Bertz CT molecular complexity index is 1880. The smallest absolute Gasteiger partial charge is 0.237 e. The third-order valence-electron chi connectivity index (χ3n) is 10.0. The van der Waals surface area contributed by atoms with Crippen molar-refractivity contribution in [3.05, 3.63) is 63.1 Å². The largest absolute Gasteiger partial charge is 0.388 e. The SMILES string of the molecule is CCC#N.CNc1cc(C)c(/C=C/S(=O)(=O)N2CCC(N)(C(N)=O)CC2)c(C)c1.CNc1cc(C)c(CCS(=O)(=O)N2CCC(N)(C(N)=O)CC2)c(C)c1. The number of hydrogen-bond acceptors (Lipinski definition) is 11. The first kappa shape index (κ1) is 46.1. The summed E-state index contributed by atoms with van der Waals surface area (Å²) in [6.07, 6.45) is 3.68. The Morgan fingerprint density at radius 1 is 0.778 bits per heavy atom. The summed E-state index contributed by atoms with van der Waals surface area (Å²) in [7, 11) is -3.27. The number of nitrogens with zero attached hydrogens (tertiary/aromatic N) is 3. The van der Waals surface area contributed by atoms with Gasteiger partial charge in [-0.2, -0.15) is 9.57 Å². The predicted octanol–water partition coefficient (Wildman–Crippen LogP) is 2.34. The monoisotopic (exact) mass is 789 g/mol. The van der Waals surface area contributed by atoms with Crippen molar-refractivity contribution in [1.29, 1.82) is 5.26 Å². The van der Waals surface area contributed by atoms with Gasteiger partial charge in [-0.1, -0.05) is 6.92 Å². The lowest BCUT2D eigenvalue weighted by molar-refractivity contribution is -0.125. The minimum atomic E-state index is -3.58. The van der Waals surface area contributed by atoms with Gasteiger partial charge in [0.25, 0.3) is 0 Å². The molecule has 2 aromatic carbocycles. The van der Waals surface area contributed by atoms with Crippen LogP contribution in [0.25, 0.3) is 6.08 Å². The maximum Gasteiger partial charge on any atom is 0.237 e. The van der Waals surface area contributed by atoms with Crippen LogP contribution < -0.4 is 33.6 Å². The summed E-state index contributed by atoms with van der Waals surface area (Å²) in [6, 6.07) is 9.91. The van der Waals surface area contributed by atoms with Crippen LogP contribution >= 0.6 is 0 Å². The molecule has 0 bridgehead atoms. The maximum atomic E-state index is 12.6. The number of sulfonamides is 2. The van der Waals surface area contributed by atoms with Gasteiger partial charge < -0.3 is 33.6 Å². The predicted molar refractivity (Wildman–Crippen MR) is 216 cm³/mol. The van der Waals surface area contributed by atoms with Crippen LogP contribution in [0.5, 0.6) is 0 Å². The highest BCUT2D eigenvalue weighted by atomic mass is 32.2. The number of primary amides is 2. The molecule has 2 fully saturated rings. The summed E-state index contributed by atoms with van der Waals surface area (Å²) in [5.74, 6) is -1.11. The number of nitriles is 1. The fraction of sp³-hybridized carbons (Fsp3) is 0.541. The van der Waals surface area contributed by atoms with Gasteiger partial charge in [0.2, 0.25) is 31.9 Å². The van der Waals surface area contributed by atoms with E-state index in [-0.39, 0.29) is 57.6 Å². The van der Waals surface area contributed by atoms with E-state index >= 15 is 0 Å². The molecule has 2 saturated heterocycles. The quantitative estimate of drug-likeness (QED) is 0.193. The highest BCUT2D eigenvalue weighted by Crippen LogP contribution is 2.26. The summed E-state index contributed by atoms with van der Waals surface area (Å²) in [5.41, 5.74) is 28.3. The van der Waals surface area contributed by atoms with Gasteiger partial charge in [-0.3, -0.25) is 9.59 Å². The van der Waals surface area contributed by atoms with Crippen LogP contribution in [0, 0.1) is 39.0 Å². The molecule has 2 heterocycles. The zero-order chi connectivity index (χ0) is 41.1. The summed E-state index contributed by atoms with van der Waals surface area (Å²) in [6.45, 7) is 10.5. The summed E-state index contributed by atoms with van der Waals surface area (Å²) >= 11 is 0. The molecule has 0 saturated carbocycles. The standard InChI is InChI=1S/C17H28N4O3S.C17H26N4O3S.C3H5N/c2*1-12-10-14(20-3)11-13(2)15(12)4-9-25(23,24)21-7-5-17(19,6-8-21)16(18)22;1-2-3-4/h10-11,20H,4-9,19H2,1-3H3,(H2,18,22);4,9-11,20H,5-8,19H2,1-3H3,(H2,18,22);2H2,1H3/b;9-4+;. The fourth-order valence-electron chi connectivity index (χ4n) is 6.31. The Labute approximate surface area is 321 Å². The van der Waals surface area contributed by atoms with E-state index in [0.29, 0.717) is 12.8 Å². The second-order valence-electron chi connectivity index (χ2n) is 13.9. The van der Waals surface area contributed by atoms with Crippen molar-refractivity contribution in [2.45, 2.75) is 84.2 Å². The third kappa shape index (κ3) is 12.2. The molecule has 0 aromatic heterocycles. The van der Waals surface area contributed by atoms with Crippen molar-refractivity contribution in [2.24, 2.45) is 22.9 Å². The lowest BCUT2D eigenvalue weighted by Crippen LogP contribution is -2.59. The van der Waals surface area contributed by atoms with E-state index in [9.17, 15) is 26.4 Å². The summed E-state index contributed by atoms with van der Waals surface area (Å²) in [4.78, 5) is 22.8. The van der Waals surface area contributed by atoms with E-state index < -0.39 is 42.9 Å². The van der Waals surface area contributed by atoms with Crippen LogP contribution in [0.4, 0.5) is 11.4 Å². The molecule has 0 spiro atoms. The van der Waals surface area contributed by atoms with Crippen molar-refractivity contribution in [2.75, 3.05) is 56.7 Å². The molecule has 4 rings (SSSR count). The van der Waals surface area contributed by atoms with Gasteiger partial charge in [-0.05, 0) is 124 Å².